The van der Waals surface area contributed by atoms with E-state index in [-0.39, 0.29) is 15.0 Å². The average molecular weight is 221 g/mol. The Morgan fingerprint density at radius 3 is 2.91 bits per heavy atom. The van der Waals surface area contributed by atoms with Crippen molar-refractivity contribution in [2.75, 3.05) is 0 Å². The number of nitrogens with two attached hydrogens (primary N) is 1. The molecule has 0 saturated heterocycles. The molecule has 0 saturated carbocycles. The number of carboxylic acid groups (broad SMARTS) is 1. The Kier molecular flexibility index (Phi) is 5.85. The molecule has 11 heavy (non-hydrogen) atoms. The van der Waals surface area contributed by atoms with Crippen molar-refractivity contribution in [2.24, 2.45) is 5.73 Å². The number of aliphatic carboxylic acids is 1. The van der Waals surface area contributed by atoms with Crippen molar-refractivity contribution in [3.05, 3.63) is 0 Å². The van der Waals surface area contributed by atoms with Crippen molar-refractivity contribution < 1.29 is 9.90 Å². The van der Waals surface area contributed by atoms with Gasteiger partial charge in [-0.05, 0) is 0 Å². The Bertz CT molecular complexity index is 166. The molecule has 5 heteroatoms. The van der Waals surface area contributed by atoms with Crippen molar-refractivity contribution in [1.82, 2.24) is 0 Å². The zero-order valence-corrected chi connectivity index (χ0v) is 7.70. The van der Waals surface area contributed by atoms with Crippen LogP contribution in [-0.2, 0) is 4.79 Å². The van der Waals surface area contributed by atoms with E-state index in [1.807, 2.05) is 6.07 Å². The number of nitrogens with zero attached hydrogens (tertiary/aromatic N) is 1. The fourth-order valence-electron chi connectivity index (χ4n) is 0.452. The van der Waals surface area contributed by atoms with E-state index in [0.717, 1.165) is 5.32 Å². The molecule has 0 heterocycles. The average Bonchev–Trinajstić information content (AvgIpc) is 1.97. The molecule has 62 valence electrons. The minimum atomic E-state index is -0.960. The summed E-state index contributed by atoms with van der Waals surface area (Å²) in [4.78, 5) is 10.2. The van der Waals surface area contributed by atoms with E-state index in [2.05, 4.69) is 0 Å². The Morgan fingerprint density at radius 1 is 1.82 bits per heavy atom. The van der Waals surface area contributed by atoms with E-state index in [1.54, 1.807) is 0 Å². The van der Waals surface area contributed by atoms with Gasteiger partial charge in [0.1, 0.15) is 0 Å². The van der Waals surface area contributed by atoms with Crippen LogP contribution in [0.1, 0.15) is 6.42 Å². The summed E-state index contributed by atoms with van der Waals surface area (Å²) in [7, 11) is 0. The van der Waals surface area contributed by atoms with Crippen LogP contribution in [0.4, 0.5) is 0 Å². The Balaban J connectivity index is 3.26. The van der Waals surface area contributed by atoms with E-state index >= 15 is 0 Å². The van der Waals surface area contributed by atoms with Gasteiger partial charge < -0.3 is 0 Å². The van der Waals surface area contributed by atoms with Gasteiger partial charge in [-0.15, -0.1) is 0 Å². The van der Waals surface area contributed by atoms with E-state index in [1.165, 1.54) is 0 Å². The summed E-state index contributed by atoms with van der Waals surface area (Å²) in [6.07, 6.45) is 0.483. The number of hydrogen-bond donors (Lipinski definition) is 2. The second-order valence-corrected chi connectivity index (χ2v) is 4.26. The first kappa shape index (κ1) is 10.4. The van der Waals surface area contributed by atoms with Crippen LogP contribution in [0.5, 0.6) is 0 Å². The molecule has 0 aliphatic heterocycles. The third-order valence-electron chi connectivity index (χ3n) is 1.06. The van der Waals surface area contributed by atoms with Crippen LogP contribution in [0, 0.1) is 11.3 Å². The molecule has 1 unspecified atom stereocenters. The van der Waals surface area contributed by atoms with Gasteiger partial charge >= 0.3 is 71.0 Å². The predicted octanol–water partition coefficient (Wildman–Crippen LogP) is -0.147. The molecule has 0 aromatic carbocycles. The molecule has 0 aromatic rings. The third kappa shape index (κ3) is 5.86. The van der Waals surface area contributed by atoms with Gasteiger partial charge in [0, 0.05) is 0 Å². The fraction of sp³-hybridized carbons (Fsp3) is 0.667. The summed E-state index contributed by atoms with van der Waals surface area (Å²) in [5.41, 5.74) is 5.23. The summed E-state index contributed by atoms with van der Waals surface area (Å²) < 4.78 is 0. The molecular weight excluding hydrogens is 211 g/mol. The molecule has 0 radical (unpaired) electrons. The van der Waals surface area contributed by atoms with Crippen molar-refractivity contribution in [1.29, 1.82) is 5.26 Å². The van der Waals surface area contributed by atoms with Crippen LogP contribution in [0.3, 0.4) is 0 Å². The van der Waals surface area contributed by atoms with Gasteiger partial charge in [0.05, 0.1) is 0 Å². The minimum absolute atomic E-state index is 0.238. The van der Waals surface area contributed by atoms with Crippen LogP contribution in [0.25, 0.3) is 0 Å². The standard InChI is InChI=1S/C6H10N2O2Se/c7-2-4-11-3-1-5(8)6(9)10/h5H,1,3-4,8H2,(H,9,10). The first-order valence-corrected chi connectivity index (χ1v) is 5.54. The van der Waals surface area contributed by atoms with Gasteiger partial charge in [-0.1, -0.05) is 0 Å². The normalized spacial score (nSPS) is 12.0. The number of hydrogen-bond acceptors (Lipinski definition) is 3. The summed E-state index contributed by atoms with van der Waals surface area (Å²) >= 11 is 0.238. The van der Waals surface area contributed by atoms with Gasteiger partial charge in [0.2, 0.25) is 0 Å². The molecule has 1 atom stereocenters. The molecule has 0 bridgehead atoms. The molecule has 0 rings (SSSR count). The number of nitriles is 1. The molecule has 0 aliphatic carbocycles. The van der Waals surface area contributed by atoms with Crippen LogP contribution in [-0.4, -0.2) is 32.1 Å². The van der Waals surface area contributed by atoms with Crippen molar-refractivity contribution in [3.63, 3.8) is 0 Å². The van der Waals surface area contributed by atoms with Crippen LogP contribution in [0.2, 0.25) is 10.6 Å². The van der Waals surface area contributed by atoms with Gasteiger partial charge in [-0.3, -0.25) is 0 Å². The Hall–Kier alpha value is -0.561. The molecule has 0 fully saturated rings. The SMILES string of the molecule is N#CC[Se]CCC(N)C(=O)O. The number of rotatable bonds is 5. The predicted molar refractivity (Wildman–Crippen MR) is 41.2 cm³/mol. The molecule has 0 aliphatic rings. The molecule has 0 aromatic heterocycles. The fourth-order valence-corrected chi connectivity index (χ4v) is 1.83. The zero-order valence-electron chi connectivity index (χ0n) is 5.99. The Labute approximate surface area is 71.5 Å². The van der Waals surface area contributed by atoms with E-state index in [0.29, 0.717) is 11.7 Å². The van der Waals surface area contributed by atoms with Crippen molar-refractivity contribution in [2.45, 2.75) is 23.1 Å². The van der Waals surface area contributed by atoms with Crippen molar-refractivity contribution in [3.8, 4) is 6.07 Å². The van der Waals surface area contributed by atoms with Crippen LogP contribution in [0.15, 0.2) is 0 Å². The molecular formula is C6H10N2O2Se. The van der Waals surface area contributed by atoms with Gasteiger partial charge in [0.25, 0.3) is 0 Å². The van der Waals surface area contributed by atoms with Crippen LogP contribution >= 0.6 is 0 Å². The zero-order chi connectivity index (χ0) is 8.69. The molecule has 4 nitrogen and oxygen atoms in total. The maximum atomic E-state index is 10.2. The summed E-state index contributed by atoms with van der Waals surface area (Å²) in [5, 5.41) is 17.8. The number of carbonyl (C=O) groups is 1. The van der Waals surface area contributed by atoms with Crippen molar-refractivity contribution >= 4 is 20.9 Å². The van der Waals surface area contributed by atoms with E-state index in [9.17, 15) is 4.79 Å². The van der Waals surface area contributed by atoms with Gasteiger partial charge in [0.15, 0.2) is 0 Å². The summed E-state index contributed by atoms with van der Waals surface area (Å²) in [6.45, 7) is 0. The summed E-state index contributed by atoms with van der Waals surface area (Å²) in [5.74, 6) is -0.960. The maximum absolute atomic E-state index is 10.2. The summed E-state index contributed by atoms with van der Waals surface area (Å²) in [6, 6.07) is 1.26. The topological polar surface area (TPSA) is 87.1 Å². The van der Waals surface area contributed by atoms with E-state index < -0.39 is 12.0 Å². The Morgan fingerprint density at radius 2 is 2.45 bits per heavy atom. The second-order valence-electron chi connectivity index (χ2n) is 1.94. The quantitative estimate of drug-likeness (QED) is 0.499. The molecule has 0 spiro atoms. The first-order valence-electron chi connectivity index (χ1n) is 3.11. The third-order valence-corrected chi connectivity index (χ3v) is 2.86. The van der Waals surface area contributed by atoms with E-state index in [4.69, 9.17) is 16.1 Å². The first-order chi connectivity index (χ1) is 5.18. The molecule has 0 amide bonds. The second kappa shape index (κ2) is 6.17. The van der Waals surface area contributed by atoms with Gasteiger partial charge in [-0.25, -0.2) is 0 Å². The number of carboxylic acids is 1. The van der Waals surface area contributed by atoms with Gasteiger partial charge in [-0.2, -0.15) is 0 Å². The monoisotopic (exact) mass is 222 g/mol. The molecule has 3 N–H and O–H groups in total. The van der Waals surface area contributed by atoms with Crippen LogP contribution < -0.4 is 5.73 Å².